The van der Waals surface area contributed by atoms with E-state index in [2.05, 4.69) is 2.59 Å². The summed E-state index contributed by atoms with van der Waals surface area (Å²) < 4.78 is 37.0. The number of hydrogen-bond donors (Lipinski definition) is 4. The molecule has 0 bridgehead atoms. The number of hydrogen-bond acceptors (Lipinski definition) is 10. The van der Waals surface area contributed by atoms with Gasteiger partial charge in [0, 0.05) is 25.3 Å². The summed E-state index contributed by atoms with van der Waals surface area (Å²) in [7, 11) is 0. The van der Waals surface area contributed by atoms with Crippen molar-refractivity contribution in [1.29, 1.82) is 0 Å². The monoisotopic (exact) mass is 712 g/mol. The van der Waals surface area contributed by atoms with Crippen molar-refractivity contribution in [2.45, 2.75) is 59.8 Å². The Hall–Kier alpha value is -4.07. The van der Waals surface area contributed by atoms with Gasteiger partial charge >= 0.3 is 65.2 Å². The van der Waals surface area contributed by atoms with E-state index in [1.54, 1.807) is 0 Å². The van der Waals surface area contributed by atoms with Crippen LogP contribution in [-0.2, 0) is 62.4 Å². The van der Waals surface area contributed by atoms with E-state index >= 15 is 0 Å². The van der Waals surface area contributed by atoms with E-state index in [1.807, 2.05) is 33.8 Å². The summed E-state index contributed by atoms with van der Waals surface area (Å²) in [6, 6.07) is 3.90. The van der Waals surface area contributed by atoms with Gasteiger partial charge in [0.05, 0.1) is 18.2 Å². The van der Waals surface area contributed by atoms with E-state index in [0.717, 1.165) is 18.4 Å². The Kier molecular flexibility index (Phi) is 21.2. The number of ketones is 1. The van der Waals surface area contributed by atoms with Crippen molar-refractivity contribution in [2.75, 3.05) is 0 Å². The zero-order chi connectivity index (χ0) is 34.4. The minimum absolute atomic E-state index is 0.0110. The summed E-state index contributed by atoms with van der Waals surface area (Å²) in [6.07, 6.45) is 10.6. The van der Waals surface area contributed by atoms with Crippen LogP contribution in [0.3, 0.4) is 0 Å². The summed E-state index contributed by atoms with van der Waals surface area (Å²) in [5, 5.41) is 36.3. The topological polar surface area (TPSA) is 249 Å². The molecule has 4 rings (SSSR count). The van der Waals surface area contributed by atoms with Gasteiger partial charge in [0.25, 0.3) is 17.2 Å². The first-order valence-corrected chi connectivity index (χ1v) is 15.6. The molecule has 45 heavy (non-hydrogen) atoms. The van der Waals surface area contributed by atoms with Crippen molar-refractivity contribution < 1.29 is 96.0 Å². The first kappa shape index (κ1) is 40.9. The number of aliphatic hydroxyl groups is 1. The number of rotatable bonds is 6. The van der Waals surface area contributed by atoms with Gasteiger partial charge < -0.3 is 33.7 Å². The van der Waals surface area contributed by atoms with Crippen LogP contribution in [0.4, 0.5) is 0 Å². The molecule has 0 atom stereocenters. The Morgan fingerprint density at radius 2 is 1.02 bits per heavy atom. The van der Waals surface area contributed by atoms with Gasteiger partial charge in [0.1, 0.15) is 18.8 Å². The fraction of sp³-hybridized carbons (Fsp3) is 0.310. The average molecular weight is 712 g/mol. The summed E-state index contributed by atoms with van der Waals surface area (Å²) >= 11 is -2.61. The molecule has 0 radical (unpaired) electrons. The molecule has 0 aromatic carbocycles. The predicted octanol–water partition coefficient (Wildman–Crippen LogP) is 3.06. The van der Waals surface area contributed by atoms with Gasteiger partial charge in [-0.3, -0.25) is 19.2 Å². The SMILES string of the molecule is CCC1=C(O)C(=[OH+])C=CC1.CCc1occc(=[OH+])c1O.CCc1occc(=[OH+])c1O.CCc1occc(=[OH+])c1O.[O]=[V][O][V]=[O]. The molecule has 0 aliphatic heterocycles. The van der Waals surface area contributed by atoms with Crippen LogP contribution in [0, 0.1) is 0 Å². The third-order valence-electron chi connectivity index (χ3n) is 5.50. The van der Waals surface area contributed by atoms with Crippen LogP contribution in [0.25, 0.3) is 0 Å². The Bertz CT molecular complexity index is 1470. The maximum atomic E-state index is 9.22. The molecule has 244 valence electrons. The Balaban J connectivity index is 0.000000547. The van der Waals surface area contributed by atoms with Crippen molar-refractivity contribution in [1.82, 2.24) is 0 Å². The summed E-state index contributed by atoms with van der Waals surface area (Å²) in [4.78, 5) is 35.8. The molecular formula is C29H38O14V2+4. The van der Waals surface area contributed by atoms with Crippen LogP contribution in [-0.4, -0.2) is 45.4 Å². The number of allylic oxidation sites excluding steroid dienone is 3. The Labute approximate surface area is 272 Å². The van der Waals surface area contributed by atoms with Crippen molar-refractivity contribution in [3.63, 3.8) is 0 Å². The molecule has 0 fully saturated rings. The van der Waals surface area contributed by atoms with E-state index in [0.29, 0.717) is 36.5 Å². The average Bonchev–Trinajstić information content (AvgIpc) is 3.04. The molecule has 1 aliphatic rings. The minimum atomic E-state index is -1.30. The molecule has 3 aromatic rings. The molecule has 1 aliphatic carbocycles. The van der Waals surface area contributed by atoms with Crippen molar-refractivity contribution in [3.05, 3.63) is 94.0 Å². The first-order valence-electron chi connectivity index (χ1n) is 13.3. The van der Waals surface area contributed by atoms with Gasteiger partial charge in [-0.1, -0.05) is 33.8 Å². The summed E-state index contributed by atoms with van der Waals surface area (Å²) in [6.45, 7) is 7.45. The third-order valence-corrected chi connectivity index (χ3v) is 6.57. The van der Waals surface area contributed by atoms with Crippen LogP contribution in [0.1, 0.15) is 57.8 Å². The fourth-order valence-corrected chi connectivity index (χ4v) is 3.34. The third kappa shape index (κ3) is 15.0. The molecule has 8 N–H and O–H groups in total. The van der Waals surface area contributed by atoms with E-state index in [4.69, 9.17) is 47.7 Å². The van der Waals surface area contributed by atoms with Crippen LogP contribution >= 0.6 is 0 Å². The zero-order valence-electron chi connectivity index (χ0n) is 25.1. The first-order chi connectivity index (χ1) is 21.4. The van der Waals surface area contributed by atoms with E-state index in [9.17, 15) is 12.5 Å². The molecule has 14 nitrogen and oxygen atoms in total. The van der Waals surface area contributed by atoms with Crippen LogP contribution in [0.15, 0.2) is 73.7 Å². The van der Waals surface area contributed by atoms with Crippen molar-refractivity contribution in [3.8, 4) is 17.2 Å². The molecule has 3 aromatic heterocycles. The Morgan fingerprint density at radius 3 is 1.24 bits per heavy atom. The van der Waals surface area contributed by atoms with Crippen LogP contribution < -0.4 is 16.3 Å². The molecule has 0 spiro atoms. The van der Waals surface area contributed by atoms with Crippen LogP contribution in [0.2, 0.25) is 0 Å². The van der Waals surface area contributed by atoms with Gasteiger partial charge in [-0.05, 0) is 18.4 Å². The second-order valence-electron chi connectivity index (χ2n) is 8.32. The molecule has 0 saturated carbocycles. The quantitative estimate of drug-likeness (QED) is 0.272. The van der Waals surface area contributed by atoms with Crippen molar-refractivity contribution >= 4 is 5.78 Å². The van der Waals surface area contributed by atoms with Gasteiger partial charge in [-0.2, -0.15) is 0 Å². The molecule has 0 amide bonds. The van der Waals surface area contributed by atoms with Gasteiger partial charge in [0.15, 0.2) is 17.3 Å². The fourth-order valence-electron chi connectivity index (χ4n) is 3.12. The number of aliphatic hydroxyl groups excluding tert-OH is 1. The second-order valence-corrected chi connectivity index (χ2v) is 10.1. The second kappa shape index (κ2) is 23.3. The van der Waals surface area contributed by atoms with E-state index in [1.165, 1.54) is 43.1 Å². The maximum absolute atomic E-state index is 9.22. The number of carbonyl (C=O) groups excluding carboxylic acids is 1. The van der Waals surface area contributed by atoms with Gasteiger partial charge in [0.2, 0.25) is 5.76 Å². The van der Waals surface area contributed by atoms with Crippen LogP contribution in [0.5, 0.6) is 17.2 Å². The standard InChI is InChI=1S/C8H10O2.3C7H8O3.3O.2V/c1-2-6-4-3-5-7(9)8(6)10;3*1-2-6-7(9)5(8)3-4-10-6;;;;;/h3,5,10H,2,4H2,1H3;3*3-4,9H,2H2,1H3;;;;;/p+4. The van der Waals surface area contributed by atoms with Gasteiger partial charge in [-0.15, -0.1) is 0 Å². The molecule has 16 heteroatoms. The zero-order valence-corrected chi connectivity index (χ0v) is 27.9. The molecule has 0 saturated heterocycles. The molecule has 3 heterocycles. The van der Waals surface area contributed by atoms with Gasteiger partial charge in [-0.25, -0.2) is 0 Å². The number of aryl methyl sites for hydroxylation is 3. The summed E-state index contributed by atoms with van der Waals surface area (Å²) in [5.41, 5.74) is 0.495. The van der Waals surface area contributed by atoms with E-state index in [-0.39, 0.29) is 45.1 Å². The van der Waals surface area contributed by atoms with E-state index < -0.39 is 33.2 Å². The normalized spacial score (nSPS) is 11.2. The molecular weight excluding hydrogens is 674 g/mol. The predicted molar refractivity (Wildman–Crippen MR) is 148 cm³/mol. The van der Waals surface area contributed by atoms with Crippen molar-refractivity contribution in [2.24, 2.45) is 0 Å². The summed E-state index contributed by atoms with van der Waals surface area (Å²) in [5.74, 6) is 0.771. The number of aromatic hydroxyl groups is 3. The molecule has 0 unspecified atom stereocenters. The Morgan fingerprint density at radius 1 is 0.667 bits per heavy atom.